The largest absolute Gasteiger partial charge is 0.497 e. The number of hydrogen-bond donors (Lipinski definition) is 2. The molecule has 84 valence electrons. The maximum atomic E-state index is 10.0. The van der Waals surface area contributed by atoms with Gasteiger partial charge in [0.25, 0.3) is 0 Å². The summed E-state index contributed by atoms with van der Waals surface area (Å²) in [7, 11) is 1.60. The van der Waals surface area contributed by atoms with Crippen molar-refractivity contribution in [2.45, 2.75) is 20.0 Å². The number of rotatable bonds is 4. The lowest BCUT2D eigenvalue weighted by atomic mass is 9.83. The van der Waals surface area contributed by atoms with Crippen molar-refractivity contribution in [2.75, 3.05) is 13.7 Å². The molecular weight excluding hydrogens is 192 g/mol. The minimum Gasteiger partial charge on any atom is -0.497 e. The number of aliphatic hydroxyl groups is 2. The molecule has 3 heteroatoms. The van der Waals surface area contributed by atoms with Gasteiger partial charge < -0.3 is 14.9 Å². The van der Waals surface area contributed by atoms with Crippen molar-refractivity contribution in [2.24, 2.45) is 5.41 Å². The summed E-state index contributed by atoms with van der Waals surface area (Å²) in [5.41, 5.74) is 0.254. The van der Waals surface area contributed by atoms with Crippen molar-refractivity contribution in [3.8, 4) is 5.75 Å². The highest BCUT2D eigenvalue weighted by Gasteiger charge is 2.28. The van der Waals surface area contributed by atoms with Crippen LogP contribution in [-0.4, -0.2) is 23.9 Å². The molecule has 15 heavy (non-hydrogen) atoms. The summed E-state index contributed by atoms with van der Waals surface area (Å²) < 4.78 is 5.03. The zero-order valence-corrected chi connectivity index (χ0v) is 9.40. The van der Waals surface area contributed by atoms with Gasteiger partial charge in [-0.25, -0.2) is 0 Å². The van der Waals surface area contributed by atoms with Gasteiger partial charge in [-0.3, -0.25) is 0 Å². The fraction of sp³-hybridized carbons (Fsp3) is 0.500. The van der Waals surface area contributed by atoms with E-state index in [2.05, 4.69) is 0 Å². The van der Waals surface area contributed by atoms with Gasteiger partial charge in [0, 0.05) is 5.41 Å². The third-order valence-corrected chi connectivity index (χ3v) is 2.58. The van der Waals surface area contributed by atoms with Gasteiger partial charge in [-0.15, -0.1) is 0 Å². The van der Waals surface area contributed by atoms with E-state index in [1.807, 2.05) is 13.8 Å². The van der Waals surface area contributed by atoms with Gasteiger partial charge >= 0.3 is 0 Å². The maximum Gasteiger partial charge on any atom is 0.118 e. The van der Waals surface area contributed by atoms with E-state index in [1.165, 1.54) is 0 Å². The van der Waals surface area contributed by atoms with Crippen LogP contribution in [0.25, 0.3) is 0 Å². The van der Waals surface area contributed by atoms with Gasteiger partial charge in [-0.2, -0.15) is 0 Å². The van der Waals surface area contributed by atoms with Crippen LogP contribution in [0.5, 0.6) is 5.75 Å². The Bertz CT molecular complexity index is 303. The second-order valence-corrected chi connectivity index (χ2v) is 4.32. The molecule has 3 nitrogen and oxygen atoms in total. The van der Waals surface area contributed by atoms with E-state index in [4.69, 9.17) is 9.84 Å². The molecule has 1 aromatic rings. The second kappa shape index (κ2) is 4.64. The van der Waals surface area contributed by atoms with Crippen LogP contribution in [0.3, 0.4) is 0 Å². The van der Waals surface area contributed by atoms with Crippen LogP contribution in [0.1, 0.15) is 25.5 Å². The maximum absolute atomic E-state index is 10.0. The number of benzene rings is 1. The van der Waals surface area contributed by atoms with E-state index >= 15 is 0 Å². The molecule has 0 bridgehead atoms. The van der Waals surface area contributed by atoms with E-state index < -0.39 is 11.5 Å². The minimum atomic E-state index is -0.673. The van der Waals surface area contributed by atoms with Gasteiger partial charge in [0.2, 0.25) is 0 Å². The lowest BCUT2D eigenvalue weighted by Crippen LogP contribution is -2.25. The van der Waals surface area contributed by atoms with Crippen molar-refractivity contribution in [1.29, 1.82) is 0 Å². The first kappa shape index (κ1) is 12.0. The van der Waals surface area contributed by atoms with Gasteiger partial charge in [-0.05, 0) is 17.7 Å². The summed E-state index contributed by atoms with van der Waals surface area (Å²) in [6.07, 6.45) is -0.673. The van der Waals surface area contributed by atoms with Crippen LogP contribution in [0.4, 0.5) is 0 Å². The average molecular weight is 210 g/mol. The Morgan fingerprint density at radius 3 is 2.20 bits per heavy atom. The van der Waals surface area contributed by atoms with Crippen LogP contribution >= 0.6 is 0 Å². The molecule has 0 aliphatic rings. The Balaban J connectivity index is 2.87. The molecule has 0 fully saturated rings. The SMILES string of the molecule is COc1ccc([C@H](O)C(C)(C)CO)cc1. The van der Waals surface area contributed by atoms with Crippen LogP contribution in [-0.2, 0) is 0 Å². The van der Waals surface area contributed by atoms with Crippen LogP contribution < -0.4 is 4.74 Å². The monoisotopic (exact) mass is 210 g/mol. The molecule has 2 N–H and O–H groups in total. The number of ether oxygens (including phenoxy) is 1. The first-order valence-corrected chi connectivity index (χ1v) is 4.94. The lowest BCUT2D eigenvalue weighted by molar-refractivity contribution is 0.00636. The molecule has 0 saturated carbocycles. The molecule has 0 unspecified atom stereocenters. The van der Waals surface area contributed by atoms with Gasteiger partial charge in [0.05, 0.1) is 19.8 Å². The number of methoxy groups -OCH3 is 1. The third-order valence-electron chi connectivity index (χ3n) is 2.58. The number of hydrogen-bond acceptors (Lipinski definition) is 3. The van der Waals surface area contributed by atoms with Gasteiger partial charge in [-0.1, -0.05) is 26.0 Å². The summed E-state index contributed by atoms with van der Waals surface area (Å²) in [5, 5.41) is 19.2. The lowest BCUT2D eigenvalue weighted by Gasteiger charge is -2.28. The Kier molecular flexibility index (Phi) is 3.72. The van der Waals surface area contributed by atoms with Crippen molar-refractivity contribution in [3.63, 3.8) is 0 Å². The van der Waals surface area contributed by atoms with E-state index in [0.717, 1.165) is 11.3 Å². The predicted molar refractivity (Wildman–Crippen MR) is 58.8 cm³/mol. The first-order chi connectivity index (χ1) is 7.01. The zero-order valence-electron chi connectivity index (χ0n) is 9.40. The average Bonchev–Trinajstić information content (AvgIpc) is 2.28. The van der Waals surface area contributed by atoms with Crippen molar-refractivity contribution in [1.82, 2.24) is 0 Å². The normalized spacial score (nSPS) is 13.7. The standard InChI is InChI=1S/C12H18O3/c1-12(2,8-13)11(14)9-4-6-10(15-3)7-5-9/h4-7,11,13-14H,8H2,1-3H3/t11-/m0/s1. The predicted octanol–water partition coefficient (Wildman–Crippen LogP) is 1.75. The molecule has 0 aliphatic heterocycles. The first-order valence-electron chi connectivity index (χ1n) is 4.94. The molecule has 0 aromatic heterocycles. The summed E-state index contributed by atoms with van der Waals surface area (Å²) in [5.74, 6) is 0.757. The summed E-state index contributed by atoms with van der Waals surface area (Å²) in [6.45, 7) is 3.59. The molecule has 0 radical (unpaired) electrons. The zero-order chi connectivity index (χ0) is 11.5. The van der Waals surface area contributed by atoms with Gasteiger partial charge in [0.1, 0.15) is 5.75 Å². The summed E-state index contributed by atoms with van der Waals surface area (Å²) >= 11 is 0. The Hall–Kier alpha value is -1.06. The summed E-state index contributed by atoms with van der Waals surface area (Å²) in [4.78, 5) is 0. The van der Waals surface area contributed by atoms with Crippen molar-refractivity contribution in [3.05, 3.63) is 29.8 Å². The molecule has 0 spiro atoms. The smallest absolute Gasteiger partial charge is 0.118 e. The molecule has 0 saturated heterocycles. The Morgan fingerprint density at radius 2 is 1.80 bits per heavy atom. The van der Waals surface area contributed by atoms with Crippen molar-refractivity contribution >= 4 is 0 Å². The van der Waals surface area contributed by atoms with Crippen LogP contribution in [0.15, 0.2) is 24.3 Å². The van der Waals surface area contributed by atoms with E-state index in [0.29, 0.717) is 0 Å². The molecule has 1 rings (SSSR count). The quantitative estimate of drug-likeness (QED) is 0.796. The Morgan fingerprint density at radius 1 is 1.27 bits per heavy atom. The van der Waals surface area contributed by atoms with E-state index in [-0.39, 0.29) is 6.61 Å². The van der Waals surface area contributed by atoms with E-state index in [9.17, 15) is 5.11 Å². The fourth-order valence-electron chi connectivity index (χ4n) is 1.32. The van der Waals surface area contributed by atoms with Crippen LogP contribution in [0, 0.1) is 5.41 Å². The fourth-order valence-corrected chi connectivity index (χ4v) is 1.32. The molecular formula is C12H18O3. The van der Waals surface area contributed by atoms with Crippen molar-refractivity contribution < 1.29 is 14.9 Å². The Labute approximate surface area is 90.3 Å². The molecule has 1 aromatic carbocycles. The molecule has 0 aliphatic carbocycles. The molecule has 1 atom stereocenters. The minimum absolute atomic E-state index is 0.0554. The topological polar surface area (TPSA) is 49.7 Å². The third kappa shape index (κ3) is 2.70. The highest BCUT2D eigenvalue weighted by Crippen LogP contribution is 2.33. The van der Waals surface area contributed by atoms with Crippen LogP contribution in [0.2, 0.25) is 0 Å². The van der Waals surface area contributed by atoms with E-state index in [1.54, 1.807) is 31.4 Å². The number of aliphatic hydroxyl groups excluding tert-OH is 2. The molecule has 0 amide bonds. The highest BCUT2D eigenvalue weighted by molar-refractivity contribution is 5.29. The highest BCUT2D eigenvalue weighted by atomic mass is 16.5. The van der Waals surface area contributed by atoms with Gasteiger partial charge in [0.15, 0.2) is 0 Å². The summed E-state index contributed by atoms with van der Waals surface area (Å²) in [6, 6.07) is 7.21. The second-order valence-electron chi connectivity index (χ2n) is 4.32. The molecule has 0 heterocycles.